The molecule has 1 aliphatic rings. The number of amides is 1. The van der Waals surface area contributed by atoms with E-state index in [1.54, 1.807) is 6.08 Å². The first-order chi connectivity index (χ1) is 26.3. The second-order valence-corrected chi connectivity index (χ2v) is 15.8. The van der Waals surface area contributed by atoms with Crippen LogP contribution in [0.3, 0.4) is 0 Å². The van der Waals surface area contributed by atoms with Crippen LogP contribution in [0.2, 0.25) is 0 Å². The van der Waals surface area contributed by atoms with E-state index in [-0.39, 0.29) is 12.5 Å². The maximum Gasteiger partial charge on any atom is 0.220 e. The maximum atomic E-state index is 12.9. The molecule has 7 atom stereocenters. The highest BCUT2D eigenvalue weighted by Crippen LogP contribution is 2.22. The first-order valence-electron chi connectivity index (χ1n) is 22.6. The third kappa shape index (κ3) is 26.5. The van der Waals surface area contributed by atoms with Gasteiger partial charge in [-0.1, -0.05) is 173 Å². The van der Waals surface area contributed by atoms with E-state index in [1.165, 1.54) is 135 Å². The molecule has 1 saturated heterocycles. The SMILES string of the molecule is CCCCCCCC/C=C\CCCCCCCCCC(=O)NC(COC1OC(CO)C(O)C(O)C1O)C(O)/C=C/CCCCCCCCCCCCCC. The van der Waals surface area contributed by atoms with Crippen molar-refractivity contribution in [3.05, 3.63) is 24.3 Å². The van der Waals surface area contributed by atoms with E-state index < -0.39 is 49.5 Å². The van der Waals surface area contributed by atoms with Crippen molar-refractivity contribution in [3.63, 3.8) is 0 Å². The monoisotopic (exact) mass is 768 g/mol. The number of aliphatic hydroxyl groups excluding tert-OH is 5. The van der Waals surface area contributed by atoms with Gasteiger partial charge in [0.25, 0.3) is 0 Å². The Balaban J connectivity index is 2.37. The number of nitrogens with one attached hydrogen (secondary N) is 1. The smallest absolute Gasteiger partial charge is 0.220 e. The Bertz CT molecular complexity index is 899. The number of ether oxygens (including phenoxy) is 2. The van der Waals surface area contributed by atoms with E-state index in [2.05, 4.69) is 31.3 Å². The number of hydrogen-bond acceptors (Lipinski definition) is 8. The van der Waals surface area contributed by atoms with Crippen LogP contribution in [-0.2, 0) is 14.3 Å². The minimum absolute atomic E-state index is 0.182. The molecular formula is C45H85NO8. The first-order valence-corrected chi connectivity index (χ1v) is 22.6. The summed E-state index contributed by atoms with van der Waals surface area (Å²) in [6.45, 7) is 3.76. The highest BCUT2D eigenvalue weighted by Gasteiger charge is 2.44. The highest BCUT2D eigenvalue weighted by molar-refractivity contribution is 5.76. The van der Waals surface area contributed by atoms with Crippen molar-refractivity contribution in [1.29, 1.82) is 0 Å². The average molecular weight is 768 g/mol. The molecule has 0 bridgehead atoms. The topological polar surface area (TPSA) is 149 Å². The van der Waals surface area contributed by atoms with Gasteiger partial charge >= 0.3 is 0 Å². The molecule has 6 N–H and O–H groups in total. The third-order valence-corrected chi connectivity index (χ3v) is 10.8. The van der Waals surface area contributed by atoms with Gasteiger partial charge in [0.15, 0.2) is 6.29 Å². The maximum absolute atomic E-state index is 12.9. The first kappa shape index (κ1) is 50.7. The van der Waals surface area contributed by atoms with Crippen molar-refractivity contribution in [3.8, 4) is 0 Å². The van der Waals surface area contributed by atoms with Crippen LogP contribution in [0, 0.1) is 0 Å². The number of aliphatic hydroxyl groups is 5. The van der Waals surface area contributed by atoms with Gasteiger partial charge in [0.05, 0.1) is 25.4 Å². The van der Waals surface area contributed by atoms with Crippen LogP contribution in [0.5, 0.6) is 0 Å². The summed E-state index contributed by atoms with van der Waals surface area (Å²) in [6, 6.07) is -0.803. The normalized spacial score (nSPS) is 21.6. The predicted octanol–water partition coefficient (Wildman–Crippen LogP) is 9.11. The number of carbonyl (C=O) groups excluding carboxylic acids is 1. The number of unbranched alkanes of at least 4 members (excludes halogenated alkanes) is 25. The number of carbonyl (C=O) groups is 1. The van der Waals surface area contributed by atoms with Crippen molar-refractivity contribution < 1.29 is 39.8 Å². The van der Waals surface area contributed by atoms with Gasteiger partial charge in [0, 0.05) is 6.42 Å². The van der Waals surface area contributed by atoms with Gasteiger partial charge in [-0.2, -0.15) is 0 Å². The summed E-state index contributed by atoms with van der Waals surface area (Å²) in [5.41, 5.74) is 0. The van der Waals surface area contributed by atoms with Gasteiger partial charge in [-0.05, 0) is 44.9 Å². The number of hydrogen-bond donors (Lipinski definition) is 6. The van der Waals surface area contributed by atoms with Crippen molar-refractivity contribution in [2.24, 2.45) is 0 Å². The molecule has 54 heavy (non-hydrogen) atoms. The molecule has 0 radical (unpaired) electrons. The molecule has 9 nitrogen and oxygen atoms in total. The Morgan fingerprint density at radius 2 is 1.04 bits per heavy atom. The van der Waals surface area contributed by atoms with Gasteiger partial charge in [-0.25, -0.2) is 0 Å². The van der Waals surface area contributed by atoms with Crippen LogP contribution in [-0.4, -0.2) is 87.5 Å². The standard InChI is InChI=1S/C45H85NO8/c1-3-5-7-9-11-13-15-17-19-20-21-23-25-27-29-31-33-35-41(49)46-38(37-53-45-44(52)43(51)42(50)40(36-47)54-45)39(48)34-32-30-28-26-24-22-18-16-14-12-10-8-6-4-2/h17,19,32,34,38-40,42-45,47-48,50-52H,3-16,18,20-31,33,35-37H2,1-2H3,(H,46,49)/b19-17-,34-32+. The van der Waals surface area contributed by atoms with Gasteiger partial charge in [-0.3, -0.25) is 4.79 Å². The minimum Gasteiger partial charge on any atom is -0.394 e. The van der Waals surface area contributed by atoms with Crippen LogP contribution in [0.15, 0.2) is 24.3 Å². The minimum atomic E-state index is -1.56. The van der Waals surface area contributed by atoms with Crippen LogP contribution in [0.25, 0.3) is 0 Å². The molecule has 318 valence electrons. The van der Waals surface area contributed by atoms with Crippen molar-refractivity contribution >= 4 is 5.91 Å². The zero-order chi connectivity index (χ0) is 39.5. The fraction of sp³-hybridized carbons (Fsp3) is 0.889. The molecule has 0 spiro atoms. The molecule has 0 aromatic carbocycles. The predicted molar refractivity (Wildman–Crippen MR) is 221 cm³/mol. The lowest BCUT2D eigenvalue weighted by Crippen LogP contribution is -2.60. The van der Waals surface area contributed by atoms with Crippen LogP contribution < -0.4 is 5.32 Å². The van der Waals surface area contributed by atoms with Gasteiger partial charge in [-0.15, -0.1) is 0 Å². The quantitative estimate of drug-likeness (QED) is 0.0271. The second kappa shape index (κ2) is 36.0. The van der Waals surface area contributed by atoms with Crippen molar-refractivity contribution in [2.75, 3.05) is 13.2 Å². The molecule has 0 aliphatic carbocycles. The summed E-state index contributed by atoms with van der Waals surface area (Å²) >= 11 is 0. The molecule has 0 saturated carbocycles. The molecular weight excluding hydrogens is 682 g/mol. The van der Waals surface area contributed by atoms with Crippen LogP contribution in [0.1, 0.15) is 200 Å². The summed E-state index contributed by atoms with van der Waals surface area (Å²) < 4.78 is 11.2. The Morgan fingerprint density at radius 3 is 1.50 bits per heavy atom. The van der Waals surface area contributed by atoms with E-state index in [0.717, 1.165) is 44.9 Å². The van der Waals surface area contributed by atoms with Gasteiger partial charge in [0.2, 0.25) is 5.91 Å². The fourth-order valence-corrected chi connectivity index (χ4v) is 7.09. The molecule has 1 fully saturated rings. The summed E-state index contributed by atoms with van der Waals surface area (Å²) in [5.74, 6) is -0.182. The molecule has 7 unspecified atom stereocenters. The van der Waals surface area contributed by atoms with E-state index in [1.807, 2.05) is 6.08 Å². The summed E-state index contributed by atoms with van der Waals surface area (Å²) in [5, 5.41) is 54.1. The average Bonchev–Trinajstić information content (AvgIpc) is 3.17. The summed E-state index contributed by atoms with van der Waals surface area (Å²) in [7, 11) is 0. The fourth-order valence-electron chi connectivity index (χ4n) is 7.09. The van der Waals surface area contributed by atoms with E-state index in [0.29, 0.717) is 6.42 Å². The number of allylic oxidation sites excluding steroid dienone is 3. The van der Waals surface area contributed by atoms with E-state index in [4.69, 9.17) is 9.47 Å². The van der Waals surface area contributed by atoms with Gasteiger partial charge < -0.3 is 40.3 Å². The van der Waals surface area contributed by atoms with E-state index >= 15 is 0 Å². The summed E-state index contributed by atoms with van der Waals surface area (Å²) in [4.78, 5) is 12.9. The molecule has 1 aliphatic heterocycles. The van der Waals surface area contributed by atoms with Crippen molar-refractivity contribution in [1.82, 2.24) is 5.32 Å². The lowest BCUT2D eigenvalue weighted by Gasteiger charge is -2.40. The molecule has 1 amide bonds. The largest absolute Gasteiger partial charge is 0.394 e. The van der Waals surface area contributed by atoms with Crippen LogP contribution >= 0.6 is 0 Å². The Labute approximate surface area is 330 Å². The van der Waals surface area contributed by atoms with Crippen molar-refractivity contribution in [2.45, 2.75) is 243 Å². The lowest BCUT2D eigenvalue weighted by molar-refractivity contribution is -0.302. The zero-order valence-electron chi connectivity index (χ0n) is 34.7. The Hall–Kier alpha value is -1.33. The van der Waals surface area contributed by atoms with Crippen LogP contribution in [0.4, 0.5) is 0 Å². The van der Waals surface area contributed by atoms with Gasteiger partial charge in [0.1, 0.15) is 24.4 Å². The van der Waals surface area contributed by atoms with E-state index in [9.17, 15) is 30.3 Å². The summed E-state index contributed by atoms with van der Waals surface area (Å²) in [6.07, 6.45) is 35.0. The third-order valence-electron chi connectivity index (χ3n) is 10.8. The second-order valence-electron chi connectivity index (χ2n) is 15.8. The zero-order valence-corrected chi connectivity index (χ0v) is 34.7. The molecule has 1 heterocycles. The molecule has 0 aromatic heterocycles. The Morgan fingerprint density at radius 1 is 0.611 bits per heavy atom. The lowest BCUT2D eigenvalue weighted by atomic mass is 9.99. The number of rotatable bonds is 37. The highest BCUT2D eigenvalue weighted by atomic mass is 16.7. The molecule has 9 heteroatoms. The molecule has 1 rings (SSSR count). The molecule has 0 aromatic rings. The Kier molecular flexibility index (Phi) is 33.8.